The number of hydrogen-bond acceptors (Lipinski definition) is 2. The van der Waals surface area contributed by atoms with E-state index in [4.69, 9.17) is 4.84 Å². The molecule has 0 spiro atoms. The highest BCUT2D eigenvalue weighted by molar-refractivity contribution is 5.17. The normalized spacial score (nSPS) is 12.9. The molecule has 0 aliphatic heterocycles. The summed E-state index contributed by atoms with van der Waals surface area (Å²) in [6.07, 6.45) is 0. The third kappa shape index (κ3) is 2.33. The van der Waals surface area contributed by atoms with Crippen molar-refractivity contribution in [1.29, 1.82) is 0 Å². The quantitative estimate of drug-likeness (QED) is 0.666. The van der Waals surface area contributed by atoms with Crippen molar-refractivity contribution < 1.29 is 4.84 Å². The number of nitrogens with one attached hydrogen (secondary N) is 1. The van der Waals surface area contributed by atoms with E-state index < -0.39 is 0 Å². The maximum absolute atomic E-state index is 4.81. The van der Waals surface area contributed by atoms with Gasteiger partial charge in [-0.15, -0.1) is 0 Å². The summed E-state index contributed by atoms with van der Waals surface area (Å²) in [7, 11) is 1.62. The Balaban J connectivity index is 2.61. The third-order valence-electron chi connectivity index (χ3n) is 1.59. The third-order valence-corrected chi connectivity index (χ3v) is 1.59. The number of hydrogen-bond donors (Lipinski definition) is 1. The van der Waals surface area contributed by atoms with Crippen molar-refractivity contribution in [2.75, 3.05) is 7.11 Å². The van der Waals surface area contributed by atoms with E-state index in [9.17, 15) is 0 Å². The van der Waals surface area contributed by atoms with Gasteiger partial charge in [0.05, 0.1) is 13.2 Å². The van der Waals surface area contributed by atoms with E-state index in [1.54, 1.807) is 7.11 Å². The lowest BCUT2D eigenvalue weighted by molar-refractivity contribution is 0.0659. The fourth-order valence-corrected chi connectivity index (χ4v) is 0.987. The first-order valence-corrected chi connectivity index (χ1v) is 3.68. The van der Waals surface area contributed by atoms with E-state index in [-0.39, 0.29) is 6.04 Å². The topological polar surface area (TPSA) is 21.3 Å². The second kappa shape index (κ2) is 4.11. The molecule has 0 heterocycles. The van der Waals surface area contributed by atoms with Gasteiger partial charge in [-0.3, -0.25) is 0 Å². The van der Waals surface area contributed by atoms with Crippen molar-refractivity contribution in [2.45, 2.75) is 13.0 Å². The van der Waals surface area contributed by atoms with Crippen LogP contribution in [0.2, 0.25) is 0 Å². The van der Waals surface area contributed by atoms with Crippen LogP contribution >= 0.6 is 0 Å². The lowest BCUT2D eigenvalue weighted by Crippen LogP contribution is -2.16. The molecule has 0 aliphatic carbocycles. The summed E-state index contributed by atoms with van der Waals surface area (Å²) in [6, 6.07) is 10.4. The molecule has 0 saturated heterocycles. The first kappa shape index (κ1) is 8.24. The summed E-state index contributed by atoms with van der Waals surface area (Å²) in [4.78, 5) is 4.81. The molecule has 0 aromatic heterocycles. The van der Waals surface area contributed by atoms with Crippen LogP contribution in [0.15, 0.2) is 30.3 Å². The zero-order valence-corrected chi connectivity index (χ0v) is 6.87. The van der Waals surface area contributed by atoms with Gasteiger partial charge in [0.2, 0.25) is 0 Å². The molecule has 60 valence electrons. The van der Waals surface area contributed by atoms with Crippen LogP contribution in [0, 0.1) is 0 Å². The van der Waals surface area contributed by atoms with E-state index in [0.717, 1.165) is 0 Å². The molecule has 2 heteroatoms. The largest absolute Gasteiger partial charge is 0.305 e. The van der Waals surface area contributed by atoms with Gasteiger partial charge in [-0.25, -0.2) is 0 Å². The lowest BCUT2D eigenvalue weighted by atomic mass is 10.1. The van der Waals surface area contributed by atoms with Crippen LogP contribution in [0.5, 0.6) is 0 Å². The molecule has 1 N–H and O–H groups in total. The van der Waals surface area contributed by atoms with Gasteiger partial charge < -0.3 is 4.84 Å². The molecule has 0 bridgehead atoms. The fourth-order valence-electron chi connectivity index (χ4n) is 0.987. The van der Waals surface area contributed by atoms with Crippen LogP contribution in [0.4, 0.5) is 0 Å². The van der Waals surface area contributed by atoms with Gasteiger partial charge in [-0.05, 0) is 12.5 Å². The molecule has 0 radical (unpaired) electrons. The summed E-state index contributed by atoms with van der Waals surface area (Å²) in [5.74, 6) is 0. The molecular weight excluding hydrogens is 138 g/mol. The van der Waals surface area contributed by atoms with Gasteiger partial charge in [0.25, 0.3) is 0 Å². The molecule has 1 aromatic carbocycles. The molecule has 0 fully saturated rings. The van der Waals surface area contributed by atoms with E-state index >= 15 is 0 Å². The Kier molecular flexibility index (Phi) is 3.08. The van der Waals surface area contributed by atoms with Crippen molar-refractivity contribution in [1.82, 2.24) is 5.48 Å². The minimum Gasteiger partial charge on any atom is -0.305 e. The van der Waals surface area contributed by atoms with Gasteiger partial charge in [0.1, 0.15) is 0 Å². The summed E-state index contributed by atoms with van der Waals surface area (Å²) < 4.78 is 0. The molecule has 1 atom stereocenters. The second-order valence-corrected chi connectivity index (χ2v) is 2.45. The van der Waals surface area contributed by atoms with Gasteiger partial charge in [0.15, 0.2) is 0 Å². The van der Waals surface area contributed by atoms with Crippen molar-refractivity contribution in [3.63, 3.8) is 0 Å². The maximum Gasteiger partial charge on any atom is 0.0572 e. The SMILES string of the molecule is CON[C@@H](C)c1ccccc1. The Bertz CT molecular complexity index is 198. The van der Waals surface area contributed by atoms with Gasteiger partial charge in [0, 0.05) is 0 Å². The van der Waals surface area contributed by atoms with Gasteiger partial charge in [-0.2, -0.15) is 5.48 Å². The summed E-state index contributed by atoms with van der Waals surface area (Å²) in [5, 5.41) is 0. The summed E-state index contributed by atoms with van der Waals surface area (Å²) in [6.45, 7) is 2.05. The first-order valence-electron chi connectivity index (χ1n) is 3.68. The molecule has 2 nitrogen and oxygen atoms in total. The molecule has 0 aliphatic rings. The average Bonchev–Trinajstić information content (AvgIpc) is 2.07. The molecule has 1 aromatic rings. The molecule has 0 amide bonds. The monoisotopic (exact) mass is 151 g/mol. The summed E-state index contributed by atoms with van der Waals surface area (Å²) >= 11 is 0. The molecule has 1 rings (SSSR count). The number of benzene rings is 1. The van der Waals surface area contributed by atoms with E-state index in [1.165, 1.54) is 5.56 Å². The van der Waals surface area contributed by atoms with Crippen LogP contribution in [0.3, 0.4) is 0 Å². The molecule has 11 heavy (non-hydrogen) atoms. The fraction of sp³-hybridized carbons (Fsp3) is 0.333. The zero-order chi connectivity index (χ0) is 8.10. The van der Waals surface area contributed by atoms with Crippen LogP contribution in [0.1, 0.15) is 18.5 Å². The number of rotatable bonds is 3. The second-order valence-electron chi connectivity index (χ2n) is 2.45. The Morgan fingerprint density at radius 3 is 2.45 bits per heavy atom. The highest BCUT2D eigenvalue weighted by Crippen LogP contribution is 2.09. The molecule has 0 saturated carbocycles. The minimum absolute atomic E-state index is 0.251. The van der Waals surface area contributed by atoms with Crippen LogP contribution in [-0.2, 0) is 4.84 Å². The Hall–Kier alpha value is -0.860. The van der Waals surface area contributed by atoms with Gasteiger partial charge in [-0.1, -0.05) is 30.3 Å². The zero-order valence-electron chi connectivity index (χ0n) is 6.87. The Morgan fingerprint density at radius 2 is 1.91 bits per heavy atom. The van der Waals surface area contributed by atoms with E-state index in [1.807, 2.05) is 18.2 Å². The van der Waals surface area contributed by atoms with Gasteiger partial charge >= 0.3 is 0 Å². The minimum atomic E-state index is 0.251. The molecule has 0 unspecified atom stereocenters. The van der Waals surface area contributed by atoms with Crippen LogP contribution in [0.25, 0.3) is 0 Å². The first-order chi connectivity index (χ1) is 5.34. The molecular formula is C9H13NO. The van der Waals surface area contributed by atoms with Crippen molar-refractivity contribution >= 4 is 0 Å². The highest BCUT2D eigenvalue weighted by Gasteiger charge is 2.00. The Morgan fingerprint density at radius 1 is 1.27 bits per heavy atom. The standard InChI is InChI=1S/C9H13NO/c1-8(10-11-2)9-6-4-3-5-7-9/h3-8,10H,1-2H3/t8-/m0/s1. The van der Waals surface area contributed by atoms with Crippen molar-refractivity contribution in [3.05, 3.63) is 35.9 Å². The lowest BCUT2D eigenvalue weighted by Gasteiger charge is -2.10. The maximum atomic E-state index is 4.81. The van der Waals surface area contributed by atoms with Crippen LogP contribution in [-0.4, -0.2) is 7.11 Å². The van der Waals surface area contributed by atoms with E-state index in [0.29, 0.717) is 0 Å². The van der Waals surface area contributed by atoms with Crippen molar-refractivity contribution in [3.8, 4) is 0 Å². The predicted octanol–water partition coefficient (Wildman–Crippen LogP) is 1.90. The smallest absolute Gasteiger partial charge is 0.0572 e. The van der Waals surface area contributed by atoms with E-state index in [2.05, 4.69) is 24.5 Å². The summed E-state index contributed by atoms with van der Waals surface area (Å²) in [5.41, 5.74) is 4.09. The van der Waals surface area contributed by atoms with Crippen LogP contribution < -0.4 is 5.48 Å². The average molecular weight is 151 g/mol. The number of hydroxylamine groups is 1. The predicted molar refractivity (Wildman–Crippen MR) is 45.0 cm³/mol. The highest BCUT2D eigenvalue weighted by atomic mass is 16.6. The van der Waals surface area contributed by atoms with Crippen molar-refractivity contribution in [2.24, 2.45) is 0 Å². The Labute approximate surface area is 67.1 Å².